The molecule has 4 heteroatoms. The standard InChI is InChI=1S/C15H34N4/c1-11(16)13(3)19-9-8-18(10-15(19,5)6)14(4)12(2)17-7/h11-14,17H,8-10,16H2,1-7H3. The maximum absolute atomic E-state index is 6.09. The van der Waals surface area contributed by atoms with Crippen molar-refractivity contribution in [3.05, 3.63) is 0 Å². The third-order valence-electron chi connectivity index (χ3n) is 5.00. The second kappa shape index (κ2) is 6.53. The zero-order valence-electron chi connectivity index (χ0n) is 13.9. The van der Waals surface area contributed by atoms with Crippen LogP contribution in [0.5, 0.6) is 0 Å². The molecule has 0 bridgehead atoms. The minimum absolute atomic E-state index is 0.188. The van der Waals surface area contributed by atoms with Gasteiger partial charge in [-0.15, -0.1) is 0 Å². The molecule has 0 aromatic heterocycles. The normalized spacial score (nSPS) is 27.8. The number of rotatable bonds is 5. The van der Waals surface area contributed by atoms with E-state index in [1.165, 1.54) is 0 Å². The van der Waals surface area contributed by atoms with Gasteiger partial charge < -0.3 is 11.1 Å². The zero-order valence-corrected chi connectivity index (χ0v) is 13.9. The van der Waals surface area contributed by atoms with Crippen molar-refractivity contribution in [1.82, 2.24) is 15.1 Å². The first kappa shape index (κ1) is 16.9. The molecule has 1 saturated heterocycles. The quantitative estimate of drug-likeness (QED) is 0.786. The molecule has 0 aliphatic carbocycles. The fraction of sp³-hybridized carbons (Fsp3) is 1.00. The highest BCUT2D eigenvalue weighted by molar-refractivity contribution is 4.96. The first-order valence-electron chi connectivity index (χ1n) is 7.64. The Morgan fingerprint density at radius 3 is 2.05 bits per heavy atom. The van der Waals surface area contributed by atoms with Crippen molar-refractivity contribution in [2.75, 3.05) is 26.7 Å². The van der Waals surface area contributed by atoms with Crippen LogP contribution in [0.2, 0.25) is 0 Å². The first-order chi connectivity index (χ1) is 8.70. The smallest absolute Gasteiger partial charge is 0.0284 e. The highest BCUT2D eigenvalue weighted by Crippen LogP contribution is 2.26. The van der Waals surface area contributed by atoms with E-state index in [2.05, 4.69) is 56.7 Å². The molecule has 0 amide bonds. The predicted molar refractivity (Wildman–Crippen MR) is 83.5 cm³/mol. The van der Waals surface area contributed by atoms with E-state index in [4.69, 9.17) is 5.73 Å². The van der Waals surface area contributed by atoms with E-state index < -0.39 is 0 Å². The molecular formula is C15H34N4. The lowest BCUT2D eigenvalue weighted by molar-refractivity contribution is -0.0286. The molecule has 19 heavy (non-hydrogen) atoms. The van der Waals surface area contributed by atoms with Gasteiger partial charge in [0.15, 0.2) is 0 Å². The summed E-state index contributed by atoms with van der Waals surface area (Å²) < 4.78 is 0. The van der Waals surface area contributed by atoms with E-state index in [9.17, 15) is 0 Å². The Balaban J connectivity index is 2.71. The lowest BCUT2D eigenvalue weighted by Gasteiger charge is -2.52. The van der Waals surface area contributed by atoms with Gasteiger partial charge in [-0.2, -0.15) is 0 Å². The summed E-state index contributed by atoms with van der Waals surface area (Å²) in [5, 5.41) is 3.37. The molecule has 1 fully saturated rings. The average molecular weight is 270 g/mol. The van der Waals surface area contributed by atoms with Crippen molar-refractivity contribution in [3.63, 3.8) is 0 Å². The summed E-state index contributed by atoms with van der Waals surface area (Å²) in [5.41, 5.74) is 6.27. The molecule has 0 saturated carbocycles. The van der Waals surface area contributed by atoms with E-state index in [0.717, 1.165) is 19.6 Å². The van der Waals surface area contributed by atoms with Crippen LogP contribution in [0, 0.1) is 0 Å². The molecule has 1 aliphatic heterocycles. The van der Waals surface area contributed by atoms with Crippen molar-refractivity contribution < 1.29 is 0 Å². The van der Waals surface area contributed by atoms with Crippen molar-refractivity contribution in [3.8, 4) is 0 Å². The van der Waals surface area contributed by atoms with Gasteiger partial charge in [0.05, 0.1) is 0 Å². The first-order valence-corrected chi connectivity index (χ1v) is 7.64. The van der Waals surface area contributed by atoms with Gasteiger partial charge in [-0.25, -0.2) is 0 Å². The zero-order chi connectivity index (χ0) is 14.8. The molecule has 1 aliphatic rings. The van der Waals surface area contributed by atoms with Crippen LogP contribution in [-0.4, -0.2) is 66.2 Å². The highest BCUT2D eigenvalue weighted by atomic mass is 15.3. The number of nitrogens with two attached hydrogens (primary N) is 1. The van der Waals surface area contributed by atoms with Gasteiger partial charge in [-0.05, 0) is 48.6 Å². The minimum Gasteiger partial charge on any atom is -0.327 e. The largest absolute Gasteiger partial charge is 0.327 e. The Labute approximate surface area is 119 Å². The molecule has 0 spiro atoms. The van der Waals surface area contributed by atoms with Gasteiger partial charge in [0, 0.05) is 49.3 Å². The summed E-state index contributed by atoms with van der Waals surface area (Å²) in [7, 11) is 2.04. The van der Waals surface area contributed by atoms with Crippen LogP contribution in [0.15, 0.2) is 0 Å². The monoisotopic (exact) mass is 270 g/mol. The number of piperazine rings is 1. The molecule has 0 aromatic carbocycles. The van der Waals surface area contributed by atoms with Crippen LogP contribution >= 0.6 is 0 Å². The van der Waals surface area contributed by atoms with Crippen molar-refractivity contribution in [2.45, 2.75) is 71.2 Å². The van der Waals surface area contributed by atoms with Crippen molar-refractivity contribution in [1.29, 1.82) is 0 Å². The van der Waals surface area contributed by atoms with Crippen LogP contribution in [0.1, 0.15) is 41.5 Å². The van der Waals surface area contributed by atoms with Crippen LogP contribution in [0.3, 0.4) is 0 Å². The fourth-order valence-corrected chi connectivity index (χ4v) is 3.15. The SMILES string of the molecule is CNC(C)C(C)N1CCN(C(C)C(C)N)C(C)(C)C1. The molecule has 0 aromatic rings. The van der Waals surface area contributed by atoms with E-state index >= 15 is 0 Å². The van der Waals surface area contributed by atoms with E-state index in [0.29, 0.717) is 18.1 Å². The van der Waals surface area contributed by atoms with Crippen molar-refractivity contribution >= 4 is 0 Å². The lowest BCUT2D eigenvalue weighted by atomic mass is 9.93. The summed E-state index contributed by atoms with van der Waals surface area (Å²) >= 11 is 0. The maximum Gasteiger partial charge on any atom is 0.0284 e. The second-order valence-corrected chi connectivity index (χ2v) is 6.89. The number of hydrogen-bond donors (Lipinski definition) is 2. The van der Waals surface area contributed by atoms with Crippen LogP contribution in [0.4, 0.5) is 0 Å². The topological polar surface area (TPSA) is 44.5 Å². The summed E-state index contributed by atoms with van der Waals surface area (Å²) in [5.74, 6) is 0. The van der Waals surface area contributed by atoms with E-state index in [1.54, 1.807) is 0 Å². The number of nitrogens with one attached hydrogen (secondary N) is 1. The molecule has 4 nitrogen and oxygen atoms in total. The Bertz CT molecular complexity index is 277. The van der Waals surface area contributed by atoms with Gasteiger partial charge in [-0.1, -0.05) is 0 Å². The molecular weight excluding hydrogens is 236 g/mol. The Hall–Kier alpha value is -0.160. The van der Waals surface area contributed by atoms with E-state index in [-0.39, 0.29) is 11.6 Å². The van der Waals surface area contributed by atoms with Gasteiger partial charge >= 0.3 is 0 Å². The molecule has 1 rings (SSSR count). The van der Waals surface area contributed by atoms with Gasteiger partial charge in [0.2, 0.25) is 0 Å². The molecule has 0 radical (unpaired) electrons. The van der Waals surface area contributed by atoms with Crippen LogP contribution in [-0.2, 0) is 0 Å². The third-order valence-corrected chi connectivity index (χ3v) is 5.00. The Morgan fingerprint density at radius 2 is 1.63 bits per heavy atom. The molecule has 1 heterocycles. The van der Waals surface area contributed by atoms with Crippen LogP contribution < -0.4 is 11.1 Å². The number of likely N-dealkylation sites (N-methyl/N-ethyl adjacent to an activating group) is 1. The van der Waals surface area contributed by atoms with E-state index in [1.807, 2.05) is 7.05 Å². The lowest BCUT2D eigenvalue weighted by Crippen LogP contribution is -2.66. The number of nitrogens with zero attached hydrogens (tertiary/aromatic N) is 2. The summed E-state index contributed by atoms with van der Waals surface area (Å²) in [6.07, 6.45) is 0. The Kier molecular flexibility index (Phi) is 5.80. The van der Waals surface area contributed by atoms with Gasteiger partial charge in [0.1, 0.15) is 0 Å². The molecule has 4 unspecified atom stereocenters. The summed E-state index contributed by atoms with van der Waals surface area (Å²) in [6.45, 7) is 17.0. The average Bonchev–Trinajstić information content (AvgIpc) is 2.34. The molecule has 3 N–H and O–H groups in total. The highest BCUT2D eigenvalue weighted by Gasteiger charge is 2.38. The van der Waals surface area contributed by atoms with Gasteiger partial charge in [-0.3, -0.25) is 9.80 Å². The molecule has 4 atom stereocenters. The maximum atomic E-state index is 6.09. The van der Waals surface area contributed by atoms with Crippen molar-refractivity contribution in [2.24, 2.45) is 5.73 Å². The number of hydrogen-bond acceptors (Lipinski definition) is 4. The van der Waals surface area contributed by atoms with Gasteiger partial charge in [0.25, 0.3) is 0 Å². The second-order valence-electron chi connectivity index (χ2n) is 6.89. The minimum atomic E-state index is 0.188. The third kappa shape index (κ3) is 3.91. The fourth-order valence-electron chi connectivity index (χ4n) is 3.15. The van der Waals surface area contributed by atoms with Crippen LogP contribution in [0.25, 0.3) is 0 Å². The Morgan fingerprint density at radius 1 is 1.05 bits per heavy atom. The summed E-state index contributed by atoms with van der Waals surface area (Å²) in [6, 6.07) is 1.75. The summed E-state index contributed by atoms with van der Waals surface area (Å²) in [4.78, 5) is 5.18. The molecule has 114 valence electrons. The predicted octanol–water partition coefficient (Wildman–Crippen LogP) is 1.11.